The van der Waals surface area contributed by atoms with Gasteiger partial charge in [0.15, 0.2) is 0 Å². The van der Waals surface area contributed by atoms with Gasteiger partial charge >= 0.3 is 0 Å². The fraction of sp³-hybridized carbons (Fsp3) is 0.500. The van der Waals surface area contributed by atoms with Gasteiger partial charge in [-0.2, -0.15) is 0 Å². The number of anilines is 1. The molecule has 0 aliphatic carbocycles. The number of hydrogen-bond acceptors (Lipinski definition) is 3. The zero-order valence-corrected chi connectivity index (χ0v) is 12.0. The molecule has 0 saturated carbocycles. The van der Waals surface area contributed by atoms with E-state index in [4.69, 9.17) is 22.7 Å². The second kappa shape index (κ2) is 6.26. The molecule has 1 aliphatic heterocycles. The third-order valence-corrected chi connectivity index (χ3v) is 4.01. The highest BCUT2D eigenvalue weighted by molar-refractivity contribution is 6.33. The van der Waals surface area contributed by atoms with Crippen molar-refractivity contribution in [1.29, 1.82) is 5.41 Å². The van der Waals surface area contributed by atoms with Crippen LogP contribution in [0.3, 0.4) is 0 Å². The Balaban J connectivity index is 2.00. The summed E-state index contributed by atoms with van der Waals surface area (Å²) in [6.07, 6.45) is 0.890. The monoisotopic (exact) mass is 280 g/mol. The smallest absolute Gasteiger partial charge is 0.108 e. The van der Waals surface area contributed by atoms with Gasteiger partial charge in [0.2, 0.25) is 0 Å². The molecule has 1 aromatic rings. The Morgan fingerprint density at radius 2 is 1.95 bits per heavy atom. The summed E-state index contributed by atoms with van der Waals surface area (Å²) in [6.45, 7) is 5.76. The van der Waals surface area contributed by atoms with E-state index < -0.39 is 0 Å². The third kappa shape index (κ3) is 3.19. The van der Waals surface area contributed by atoms with Crippen LogP contribution in [0.4, 0.5) is 5.69 Å². The van der Waals surface area contributed by atoms with Gasteiger partial charge in [0, 0.05) is 26.2 Å². The second-order valence-electron chi connectivity index (χ2n) is 4.85. The largest absolute Gasteiger partial charge is 0.386 e. The van der Waals surface area contributed by atoms with Crippen LogP contribution in [0.2, 0.25) is 5.02 Å². The number of nitrogens with zero attached hydrogens (tertiary/aromatic N) is 2. The number of hydrogen-bond donors (Lipinski definition) is 2. The van der Waals surface area contributed by atoms with Crippen molar-refractivity contribution in [3.63, 3.8) is 0 Å². The first-order valence-corrected chi connectivity index (χ1v) is 7.08. The van der Waals surface area contributed by atoms with Gasteiger partial charge in [-0.3, -0.25) is 10.3 Å². The van der Waals surface area contributed by atoms with Crippen LogP contribution >= 0.6 is 11.6 Å². The van der Waals surface area contributed by atoms with E-state index in [1.807, 2.05) is 18.2 Å². The lowest BCUT2D eigenvalue weighted by Crippen LogP contribution is -2.53. The molecule has 2 rings (SSSR count). The Bertz CT molecular complexity index is 441. The minimum atomic E-state index is 0.0772. The van der Waals surface area contributed by atoms with E-state index in [0.29, 0.717) is 0 Å². The number of piperazine rings is 1. The van der Waals surface area contributed by atoms with Crippen LogP contribution in [-0.2, 0) is 0 Å². The lowest BCUT2D eigenvalue weighted by Gasteiger charge is -2.39. The van der Waals surface area contributed by atoms with Crippen molar-refractivity contribution in [2.45, 2.75) is 19.4 Å². The number of amidine groups is 1. The Hall–Kier alpha value is -1.26. The van der Waals surface area contributed by atoms with E-state index in [1.165, 1.54) is 0 Å². The maximum atomic E-state index is 7.64. The van der Waals surface area contributed by atoms with Crippen molar-refractivity contribution in [1.82, 2.24) is 4.90 Å². The first kappa shape index (κ1) is 14.2. The van der Waals surface area contributed by atoms with E-state index in [2.05, 4.69) is 22.8 Å². The van der Waals surface area contributed by atoms with Crippen molar-refractivity contribution >= 4 is 23.1 Å². The summed E-state index contributed by atoms with van der Waals surface area (Å²) in [4.78, 5) is 4.58. The molecular formula is C14H21ClN4. The normalized spacial score (nSPS) is 18.3. The summed E-state index contributed by atoms with van der Waals surface area (Å²) in [5.74, 6) is 0.272. The Kier molecular flexibility index (Phi) is 4.66. The highest BCUT2D eigenvalue weighted by Crippen LogP contribution is 2.26. The Labute approximate surface area is 119 Å². The molecule has 5 heteroatoms. The quantitative estimate of drug-likeness (QED) is 0.656. The molecule has 104 valence electrons. The van der Waals surface area contributed by atoms with Crippen LogP contribution in [-0.4, -0.2) is 43.0 Å². The summed E-state index contributed by atoms with van der Waals surface area (Å²) in [7, 11) is 0. The van der Waals surface area contributed by atoms with Gasteiger partial charge in [-0.25, -0.2) is 0 Å². The molecule has 1 fully saturated rings. The predicted octanol–water partition coefficient (Wildman–Crippen LogP) is 2.18. The molecule has 4 nitrogen and oxygen atoms in total. The van der Waals surface area contributed by atoms with Crippen LogP contribution in [0.25, 0.3) is 0 Å². The Morgan fingerprint density at radius 1 is 1.32 bits per heavy atom. The summed E-state index contributed by atoms with van der Waals surface area (Å²) in [5, 5.41) is 8.44. The molecule has 1 unspecified atom stereocenters. The standard InChI is InChI=1S/C14H21ClN4/c1-2-12(14(16)17)18-7-9-19(10-8-18)13-6-4-3-5-11(13)15/h3-6,12H,2,7-10H2,1H3,(H3,16,17). The van der Waals surface area contributed by atoms with Crippen LogP contribution in [0, 0.1) is 5.41 Å². The average Bonchev–Trinajstić information content (AvgIpc) is 2.41. The molecule has 19 heavy (non-hydrogen) atoms. The van der Waals surface area contributed by atoms with E-state index in [-0.39, 0.29) is 11.9 Å². The topological polar surface area (TPSA) is 56.4 Å². The fourth-order valence-corrected chi connectivity index (χ4v) is 2.91. The van der Waals surface area contributed by atoms with Crippen LogP contribution < -0.4 is 10.6 Å². The van der Waals surface area contributed by atoms with Gasteiger partial charge in [-0.15, -0.1) is 0 Å². The minimum absolute atomic E-state index is 0.0772. The van der Waals surface area contributed by atoms with E-state index in [9.17, 15) is 0 Å². The van der Waals surface area contributed by atoms with Gasteiger partial charge in [0.05, 0.1) is 16.8 Å². The van der Waals surface area contributed by atoms with Crippen molar-refractivity contribution in [2.75, 3.05) is 31.1 Å². The molecule has 1 aliphatic rings. The zero-order chi connectivity index (χ0) is 13.8. The molecular weight excluding hydrogens is 260 g/mol. The highest BCUT2D eigenvalue weighted by atomic mass is 35.5. The van der Waals surface area contributed by atoms with Gasteiger partial charge in [0.1, 0.15) is 5.84 Å². The molecule has 3 N–H and O–H groups in total. The maximum Gasteiger partial charge on any atom is 0.108 e. The average molecular weight is 281 g/mol. The van der Waals surface area contributed by atoms with Crippen LogP contribution in [0.1, 0.15) is 13.3 Å². The summed E-state index contributed by atoms with van der Waals surface area (Å²) < 4.78 is 0. The number of nitrogens with two attached hydrogens (primary N) is 1. The van der Waals surface area contributed by atoms with Gasteiger partial charge in [-0.05, 0) is 18.6 Å². The summed E-state index contributed by atoms with van der Waals surface area (Å²) in [5.41, 5.74) is 6.75. The molecule has 1 saturated heterocycles. The van der Waals surface area contributed by atoms with Gasteiger partial charge in [0.25, 0.3) is 0 Å². The summed E-state index contributed by atoms with van der Waals surface area (Å²) in [6, 6.07) is 8.02. The van der Waals surface area contributed by atoms with E-state index in [1.54, 1.807) is 0 Å². The second-order valence-corrected chi connectivity index (χ2v) is 5.26. The first-order chi connectivity index (χ1) is 9.13. The third-order valence-electron chi connectivity index (χ3n) is 3.69. The van der Waals surface area contributed by atoms with Crippen molar-refractivity contribution in [2.24, 2.45) is 5.73 Å². The molecule has 0 spiro atoms. The van der Waals surface area contributed by atoms with Crippen LogP contribution in [0.15, 0.2) is 24.3 Å². The molecule has 1 atom stereocenters. The van der Waals surface area contributed by atoms with Crippen molar-refractivity contribution in [3.8, 4) is 0 Å². The lowest BCUT2D eigenvalue weighted by molar-refractivity contribution is 0.222. The molecule has 1 heterocycles. The molecule has 1 aromatic carbocycles. The number of nitrogens with one attached hydrogen (secondary N) is 1. The van der Waals surface area contributed by atoms with E-state index in [0.717, 1.165) is 43.3 Å². The van der Waals surface area contributed by atoms with Crippen LogP contribution in [0.5, 0.6) is 0 Å². The minimum Gasteiger partial charge on any atom is -0.386 e. The number of rotatable bonds is 4. The van der Waals surface area contributed by atoms with Crippen molar-refractivity contribution in [3.05, 3.63) is 29.3 Å². The first-order valence-electron chi connectivity index (χ1n) is 6.71. The maximum absolute atomic E-state index is 7.64. The van der Waals surface area contributed by atoms with Crippen molar-refractivity contribution < 1.29 is 0 Å². The highest BCUT2D eigenvalue weighted by Gasteiger charge is 2.25. The molecule has 0 amide bonds. The van der Waals surface area contributed by atoms with Gasteiger partial charge < -0.3 is 10.6 Å². The molecule has 0 radical (unpaired) electrons. The molecule has 0 bridgehead atoms. The Morgan fingerprint density at radius 3 is 2.47 bits per heavy atom. The summed E-state index contributed by atoms with van der Waals surface area (Å²) >= 11 is 6.22. The zero-order valence-electron chi connectivity index (χ0n) is 11.3. The lowest BCUT2D eigenvalue weighted by atomic mass is 10.1. The predicted molar refractivity (Wildman–Crippen MR) is 81.2 cm³/mol. The number of benzene rings is 1. The van der Waals surface area contributed by atoms with Gasteiger partial charge in [-0.1, -0.05) is 30.7 Å². The number of halogens is 1. The molecule has 0 aromatic heterocycles. The SMILES string of the molecule is CCC(C(=N)N)N1CCN(c2ccccc2Cl)CC1. The van der Waals surface area contributed by atoms with E-state index >= 15 is 0 Å². The number of para-hydroxylation sites is 1. The fourth-order valence-electron chi connectivity index (χ4n) is 2.66.